The number of carbonyl (C=O) groups excluding carboxylic acids is 1. The molecule has 0 amide bonds. The Balaban J connectivity index is 3.85. The van der Waals surface area contributed by atoms with E-state index in [-0.39, 0.29) is 5.78 Å². The zero-order valence-corrected chi connectivity index (χ0v) is 8.41. The molecule has 0 fully saturated rings. The van der Waals surface area contributed by atoms with E-state index in [4.69, 9.17) is 0 Å². The zero-order chi connectivity index (χ0) is 9.40. The Morgan fingerprint density at radius 1 is 1.58 bits per heavy atom. The first kappa shape index (κ1) is 11.3. The molecule has 0 atom stereocenters. The summed E-state index contributed by atoms with van der Waals surface area (Å²) in [4.78, 5) is 11.9. The van der Waals surface area contributed by atoms with Crippen LogP contribution < -0.4 is 0 Å². The zero-order valence-electron chi connectivity index (χ0n) is 7.59. The normalized spacial score (nSPS) is 10.7. The van der Waals surface area contributed by atoms with E-state index in [0.717, 1.165) is 6.42 Å². The molecule has 0 radical (unpaired) electrons. The van der Waals surface area contributed by atoms with Gasteiger partial charge in [-0.3, -0.25) is 0 Å². The van der Waals surface area contributed by atoms with E-state index in [2.05, 4.69) is 12.3 Å². The Morgan fingerprint density at radius 3 is 2.67 bits per heavy atom. The van der Waals surface area contributed by atoms with Gasteiger partial charge in [-0.25, -0.2) is 0 Å². The molecule has 0 aliphatic carbocycles. The van der Waals surface area contributed by atoms with Crippen LogP contribution in [0.2, 0.25) is 0 Å². The lowest BCUT2D eigenvalue weighted by Gasteiger charge is -1.99. The van der Waals surface area contributed by atoms with Crippen molar-refractivity contribution in [2.24, 2.45) is 0 Å². The van der Waals surface area contributed by atoms with Gasteiger partial charge in [0.25, 0.3) is 0 Å². The van der Waals surface area contributed by atoms with E-state index in [1.165, 1.54) is 4.91 Å². The van der Waals surface area contributed by atoms with Crippen LogP contribution in [0.25, 0.3) is 0 Å². The third-order valence-electron chi connectivity index (χ3n) is 1.34. The second-order valence-corrected chi connectivity index (χ2v) is 3.39. The van der Waals surface area contributed by atoms with Crippen molar-refractivity contribution in [3.8, 4) is 0 Å². The van der Waals surface area contributed by atoms with Gasteiger partial charge in [0, 0.05) is 11.8 Å². The van der Waals surface area contributed by atoms with Gasteiger partial charge < -0.3 is 4.79 Å². The molecule has 0 aromatic heterocycles. The Labute approximate surface area is 78.2 Å². The van der Waals surface area contributed by atoms with Gasteiger partial charge in [-0.15, -0.1) is 5.73 Å². The number of hydrogen-bond donors (Lipinski definition) is 0. The quantitative estimate of drug-likeness (QED) is 0.607. The van der Waals surface area contributed by atoms with Crippen LogP contribution in [0.5, 0.6) is 0 Å². The number of Topliss-reactive ketones (excluding diaryl/α,β-unsaturated/α-hetero) is 1. The number of allylic oxidation sites excluding steroid dienone is 2. The summed E-state index contributed by atoms with van der Waals surface area (Å²) in [5.41, 5.74) is 2.68. The maximum absolute atomic E-state index is 10.7. The third-order valence-corrected chi connectivity index (χ3v) is 2.37. The first-order valence-electron chi connectivity index (χ1n) is 3.86. The molecule has 1 nitrogen and oxygen atoms in total. The molecule has 66 valence electrons. The molecule has 0 saturated carbocycles. The number of carbonyl (C=O) groups is 1. The number of ketones is 1. The summed E-state index contributed by atoms with van der Waals surface area (Å²) in [6.07, 6.45) is 3.47. The summed E-state index contributed by atoms with van der Waals surface area (Å²) >= 11 is 1.57. The van der Waals surface area contributed by atoms with Gasteiger partial charge in [0.15, 0.2) is 0 Å². The van der Waals surface area contributed by atoms with E-state index in [0.29, 0.717) is 6.42 Å². The molecule has 0 heterocycles. The highest BCUT2D eigenvalue weighted by Gasteiger charge is 1.97. The summed E-state index contributed by atoms with van der Waals surface area (Å²) in [6.45, 7) is 7.05. The predicted molar refractivity (Wildman–Crippen MR) is 55.0 cm³/mol. The second-order valence-electron chi connectivity index (χ2n) is 2.40. The molecule has 0 saturated heterocycles. The van der Waals surface area contributed by atoms with E-state index in [1.807, 2.05) is 13.0 Å². The van der Waals surface area contributed by atoms with Crippen LogP contribution in [0.1, 0.15) is 26.7 Å². The topological polar surface area (TPSA) is 17.1 Å². The lowest BCUT2D eigenvalue weighted by molar-refractivity contribution is -0.116. The molecule has 12 heavy (non-hydrogen) atoms. The lowest BCUT2D eigenvalue weighted by Crippen LogP contribution is -1.89. The molecule has 0 aliphatic rings. The molecule has 0 aromatic carbocycles. The predicted octanol–water partition coefficient (Wildman–Crippen LogP) is 3.29. The number of thioether (sulfide) groups is 1. The Morgan fingerprint density at radius 2 is 2.25 bits per heavy atom. The first-order valence-corrected chi connectivity index (χ1v) is 4.74. The van der Waals surface area contributed by atoms with Gasteiger partial charge >= 0.3 is 0 Å². The number of rotatable bonds is 5. The van der Waals surface area contributed by atoms with Crippen molar-refractivity contribution in [3.05, 3.63) is 28.7 Å². The van der Waals surface area contributed by atoms with Crippen molar-refractivity contribution in [1.29, 1.82) is 0 Å². The van der Waals surface area contributed by atoms with Gasteiger partial charge in [-0.2, -0.15) is 0 Å². The van der Waals surface area contributed by atoms with E-state index in [9.17, 15) is 4.79 Å². The Bertz CT molecular complexity index is 222. The molecule has 0 N–H and O–H groups in total. The summed E-state index contributed by atoms with van der Waals surface area (Å²) in [5, 5.41) is 1.80. The van der Waals surface area contributed by atoms with E-state index in [1.54, 1.807) is 24.1 Å². The van der Waals surface area contributed by atoms with Crippen molar-refractivity contribution in [1.82, 2.24) is 0 Å². The van der Waals surface area contributed by atoms with Gasteiger partial charge in [-0.05, 0) is 25.2 Å². The maximum atomic E-state index is 10.7. The highest BCUT2D eigenvalue weighted by atomic mass is 32.2. The van der Waals surface area contributed by atoms with E-state index < -0.39 is 0 Å². The Hall–Kier alpha value is -0.720. The van der Waals surface area contributed by atoms with Crippen molar-refractivity contribution in [2.75, 3.05) is 0 Å². The van der Waals surface area contributed by atoms with Gasteiger partial charge in [-0.1, -0.05) is 24.4 Å². The minimum absolute atomic E-state index is 0.234. The molecular formula is C10H14OS. The molecule has 0 unspecified atom stereocenters. The maximum Gasteiger partial charge on any atom is 0.130 e. The summed E-state index contributed by atoms with van der Waals surface area (Å²) in [5.74, 6) is 0.234. The SMILES string of the molecule is C=C=CS/C(=C\C)CCC(C)=O. The molecule has 0 aliphatic heterocycles. The third kappa shape index (κ3) is 6.02. The van der Waals surface area contributed by atoms with E-state index >= 15 is 0 Å². The van der Waals surface area contributed by atoms with Crippen LogP contribution in [-0.2, 0) is 4.79 Å². The fourth-order valence-electron chi connectivity index (χ4n) is 0.688. The van der Waals surface area contributed by atoms with Crippen LogP contribution >= 0.6 is 11.8 Å². The summed E-state index contributed by atoms with van der Waals surface area (Å²) in [7, 11) is 0. The summed E-state index contributed by atoms with van der Waals surface area (Å²) in [6, 6.07) is 0. The molecule has 0 spiro atoms. The van der Waals surface area contributed by atoms with Gasteiger partial charge in [0.05, 0.1) is 0 Å². The van der Waals surface area contributed by atoms with Crippen LogP contribution in [-0.4, -0.2) is 5.78 Å². The highest BCUT2D eigenvalue weighted by Crippen LogP contribution is 2.21. The molecule has 0 rings (SSSR count). The second kappa shape index (κ2) is 6.96. The molecule has 0 aromatic rings. The largest absolute Gasteiger partial charge is 0.300 e. The van der Waals surface area contributed by atoms with Crippen LogP contribution in [0.15, 0.2) is 28.7 Å². The average Bonchev–Trinajstić information content (AvgIpc) is 2.05. The minimum Gasteiger partial charge on any atom is -0.300 e. The molecular weight excluding hydrogens is 168 g/mol. The lowest BCUT2D eigenvalue weighted by atomic mass is 10.2. The summed E-state index contributed by atoms with van der Waals surface area (Å²) < 4.78 is 0. The fraction of sp³-hybridized carbons (Fsp3) is 0.400. The van der Waals surface area contributed by atoms with Gasteiger partial charge in [0.2, 0.25) is 0 Å². The highest BCUT2D eigenvalue weighted by molar-refractivity contribution is 8.05. The monoisotopic (exact) mass is 182 g/mol. The van der Waals surface area contributed by atoms with Crippen molar-refractivity contribution >= 4 is 17.5 Å². The van der Waals surface area contributed by atoms with Crippen LogP contribution in [0, 0.1) is 0 Å². The fourth-order valence-corrected chi connectivity index (χ4v) is 1.28. The first-order chi connectivity index (χ1) is 5.70. The Kier molecular flexibility index (Phi) is 6.54. The van der Waals surface area contributed by atoms with Crippen molar-refractivity contribution < 1.29 is 4.79 Å². The molecule has 0 bridgehead atoms. The minimum atomic E-state index is 0.234. The van der Waals surface area contributed by atoms with Crippen LogP contribution in [0.4, 0.5) is 0 Å². The smallest absolute Gasteiger partial charge is 0.130 e. The standard InChI is InChI=1S/C10H14OS/c1-4-8-12-10(5-2)7-6-9(3)11/h5,8H,1,6-7H2,2-3H3/b10-5-. The van der Waals surface area contributed by atoms with Gasteiger partial charge in [0.1, 0.15) is 5.78 Å². The van der Waals surface area contributed by atoms with Crippen molar-refractivity contribution in [3.63, 3.8) is 0 Å². The average molecular weight is 182 g/mol. The van der Waals surface area contributed by atoms with Crippen LogP contribution in [0.3, 0.4) is 0 Å². The van der Waals surface area contributed by atoms with Crippen molar-refractivity contribution in [2.45, 2.75) is 26.7 Å². The number of hydrogen-bond acceptors (Lipinski definition) is 2. The molecule has 2 heteroatoms.